The molecule has 66 valence electrons. The zero-order chi connectivity index (χ0) is 9.26. The zero-order valence-corrected chi connectivity index (χ0v) is 8.59. The van der Waals surface area contributed by atoms with Gasteiger partial charge in [0.25, 0.3) is 0 Å². The Kier molecular flexibility index (Phi) is 2.17. The number of hydrogen-bond acceptors (Lipinski definition) is 4. The number of rotatable bonds is 1. The minimum atomic E-state index is 0.219. The molecule has 5 heteroatoms. The van der Waals surface area contributed by atoms with Gasteiger partial charge in [-0.05, 0) is 40.8 Å². The number of phenolic OH excluding ortho intramolecular Hbond substituents is 1. The highest BCUT2D eigenvalue weighted by molar-refractivity contribution is 14.1. The van der Waals surface area contributed by atoms with E-state index in [1.54, 1.807) is 12.1 Å². The maximum absolute atomic E-state index is 9.40. The number of phenols is 1. The van der Waals surface area contributed by atoms with Gasteiger partial charge in [0.05, 0.1) is 3.57 Å². The van der Waals surface area contributed by atoms with Crippen LogP contribution in [0.5, 0.6) is 5.75 Å². The van der Waals surface area contributed by atoms with Crippen LogP contribution < -0.4 is 0 Å². The fraction of sp³-hybridized carbons (Fsp3) is 0. The highest BCUT2D eigenvalue weighted by atomic mass is 127. The van der Waals surface area contributed by atoms with Crippen molar-refractivity contribution in [1.82, 2.24) is 10.2 Å². The SMILES string of the molecule is Oc1cc(-c2nnco2)ccc1I. The molecule has 0 radical (unpaired) electrons. The molecule has 0 aliphatic rings. The molecule has 2 rings (SSSR count). The predicted molar refractivity (Wildman–Crippen MR) is 54.1 cm³/mol. The topological polar surface area (TPSA) is 59.2 Å². The third-order valence-electron chi connectivity index (χ3n) is 1.55. The zero-order valence-electron chi connectivity index (χ0n) is 6.44. The molecule has 1 aromatic heterocycles. The Morgan fingerprint density at radius 3 is 2.85 bits per heavy atom. The molecule has 0 amide bonds. The van der Waals surface area contributed by atoms with Crippen LogP contribution >= 0.6 is 22.6 Å². The van der Waals surface area contributed by atoms with Crippen molar-refractivity contribution < 1.29 is 9.52 Å². The molecule has 4 nitrogen and oxygen atoms in total. The van der Waals surface area contributed by atoms with E-state index >= 15 is 0 Å². The number of halogens is 1. The molecule has 0 spiro atoms. The van der Waals surface area contributed by atoms with E-state index in [2.05, 4.69) is 10.2 Å². The van der Waals surface area contributed by atoms with Crippen molar-refractivity contribution in [3.05, 3.63) is 28.2 Å². The fourth-order valence-electron chi connectivity index (χ4n) is 0.945. The minimum Gasteiger partial charge on any atom is -0.507 e. The molecule has 0 aliphatic heterocycles. The van der Waals surface area contributed by atoms with Crippen LogP contribution in [-0.4, -0.2) is 15.3 Å². The van der Waals surface area contributed by atoms with Gasteiger partial charge in [0.15, 0.2) is 0 Å². The van der Waals surface area contributed by atoms with Gasteiger partial charge in [-0.2, -0.15) is 0 Å². The lowest BCUT2D eigenvalue weighted by Crippen LogP contribution is -1.79. The van der Waals surface area contributed by atoms with Crippen molar-refractivity contribution in [1.29, 1.82) is 0 Å². The third-order valence-corrected chi connectivity index (χ3v) is 2.47. The van der Waals surface area contributed by atoms with Crippen LogP contribution in [0.25, 0.3) is 11.5 Å². The quantitative estimate of drug-likeness (QED) is 0.816. The number of nitrogens with zero attached hydrogens (tertiary/aromatic N) is 2. The summed E-state index contributed by atoms with van der Waals surface area (Å²) >= 11 is 2.04. The molecule has 0 saturated carbocycles. The fourth-order valence-corrected chi connectivity index (χ4v) is 1.28. The summed E-state index contributed by atoms with van der Waals surface area (Å²) < 4.78 is 5.77. The third kappa shape index (κ3) is 1.64. The van der Waals surface area contributed by atoms with E-state index in [1.807, 2.05) is 28.7 Å². The van der Waals surface area contributed by atoms with E-state index in [4.69, 9.17) is 4.42 Å². The molecule has 0 unspecified atom stereocenters. The summed E-state index contributed by atoms with van der Waals surface area (Å²) in [5, 5.41) is 16.7. The van der Waals surface area contributed by atoms with Crippen LogP contribution in [0, 0.1) is 3.57 Å². The lowest BCUT2D eigenvalue weighted by Gasteiger charge is -1.97. The second kappa shape index (κ2) is 3.33. The van der Waals surface area contributed by atoms with Crippen molar-refractivity contribution in [2.45, 2.75) is 0 Å². The molecule has 0 bridgehead atoms. The standard InChI is InChI=1S/C8H5IN2O2/c9-6-2-1-5(3-7(6)12)8-11-10-4-13-8/h1-4,12H. The first kappa shape index (κ1) is 8.49. The summed E-state index contributed by atoms with van der Waals surface area (Å²) in [5.41, 5.74) is 0.718. The van der Waals surface area contributed by atoms with E-state index in [9.17, 15) is 5.11 Å². The van der Waals surface area contributed by atoms with Gasteiger partial charge >= 0.3 is 0 Å². The molecule has 1 heterocycles. The Morgan fingerprint density at radius 2 is 2.23 bits per heavy atom. The van der Waals surface area contributed by atoms with Crippen LogP contribution in [0.1, 0.15) is 0 Å². The van der Waals surface area contributed by atoms with Crippen LogP contribution in [0.2, 0.25) is 0 Å². The van der Waals surface area contributed by atoms with E-state index in [-0.39, 0.29) is 5.75 Å². The number of aromatic hydroxyl groups is 1. The Morgan fingerprint density at radius 1 is 1.38 bits per heavy atom. The van der Waals surface area contributed by atoms with Gasteiger partial charge in [0.1, 0.15) is 5.75 Å². The summed E-state index contributed by atoms with van der Waals surface area (Å²) in [6.45, 7) is 0. The van der Waals surface area contributed by atoms with Gasteiger partial charge < -0.3 is 9.52 Å². The average molecular weight is 288 g/mol. The molecular formula is C8H5IN2O2. The predicted octanol–water partition coefficient (Wildman–Crippen LogP) is 2.05. The first-order chi connectivity index (χ1) is 6.27. The highest BCUT2D eigenvalue weighted by Gasteiger charge is 2.05. The Labute approximate surface area is 87.7 Å². The highest BCUT2D eigenvalue weighted by Crippen LogP contribution is 2.25. The molecule has 0 atom stereocenters. The maximum Gasteiger partial charge on any atom is 0.247 e. The molecule has 0 fully saturated rings. The summed E-state index contributed by atoms with van der Waals surface area (Å²) in [5.74, 6) is 0.628. The normalized spacial score (nSPS) is 10.2. The molecule has 0 saturated heterocycles. The Bertz CT molecular complexity index is 414. The summed E-state index contributed by atoms with van der Waals surface area (Å²) in [7, 11) is 0. The van der Waals surface area contributed by atoms with Crippen molar-refractivity contribution in [2.24, 2.45) is 0 Å². The van der Waals surface area contributed by atoms with E-state index in [0.29, 0.717) is 5.89 Å². The van der Waals surface area contributed by atoms with Crippen molar-refractivity contribution >= 4 is 22.6 Å². The average Bonchev–Trinajstić information content (AvgIpc) is 2.62. The van der Waals surface area contributed by atoms with Crippen LogP contribution in [0.3, 0.4) is 0 Å². The molecule has 1 aromatic carbocycles. The Balaban J connectivity index is 2.49. The molecular weight excluding hydrogens is 283 g/mol. The number of benzene rings is 1. The maximum atomic E-state index is 9.40. The first-order valence-electron chi connectivity index (χ1n) is 3.52. The second-order valence-corrected chi connectivity index (χ2v) is 3.57. The lowest BCUT2D eigenvalue weighted by molar-refractivity contribution is 0.471. The van der Waals surface area contributed by atoms with Crippen molar-refractivity contribution in [2.75, 3.05) is 0 Å². The second-order valence-electron chi connectivity index (χ2n) is 2.41. The van der Waals surface area contributed by atoms with Crippen molar-refractivity contribution in [3.8, 4) is 17.2 Å². The first-order valence-corrected chi connectivity index (χ1v) is 4.60. The number of aromatic nitrogens is 2. The van der Waals surface area contributed by atoms with E-state index in [1.165, 1.54) is 6.39 Å². The smallest absolute Gasteiger partial charge is 0.247 e. The van der Waals surface area contributed by atoms with Gasteiger partial charge in [-0.1, -0.05) is 0 Å². The lowest BCUT2D eigenvalue weighted by atomic mass is 10.2. The summed E-state index contributed by atoms with van der Waals surface area (Å²) in [6, 6.07) is 5.19. The minimum absolute atomic E-state index is 0.219. The molecule has 13 heavy (non-hydrogen) atoms. The van der Waals surface area contributed by atoms with Crippen LogP contribution in [-0.2, 0) is 0 Å². The summed E-state index contributed by atoms with van der Waals surface area (Å²) in [6.07, 6.45) is 1.25. The van der Waals surface area contributed by atoms with Gasteiger partial charge in [0.2, 0.25) is 12.3 Å². The van der Waals surface area contributed by atoms with Gasteiger partial charge in [0, 0.05) is 5.56 Å². The van der Waals surface area contributed by atoms with Crippen LogP contribution in [0.4, 0.5) is 0 Å². The van der Waals surface area contributed by atoms with E-state index in [0.717, 1.165) is 9.13 Å². The molecule has 2 aromatic rings. The van der Waals surface area contributed by atoms with E-state index < -0.39 is 0 Å². The van der Waals surface area contributed by atoms with Gasteiger partial charge in [-0.25, -0.2) is 0 Å². The van der Waals surface area contributed by atoms with Crippen LogP contribution in [0.15, 0.2) is 29.0 Å². The Hall–Kier alpha value is -1.11. The molecule has 0 aliphatic carbocycles. The largest absolute Gasteiger partial charge is 0.507 e. The molecule has 1 N–H and O–H groups in total. The van der Waals surface area contributed by atoms with Crippen molar-refractivity contribution in [3.63, 3.8) is 0 Å². The van der Waals surface area contributed by atoms with Gasteiger partial charge in [-0.15, -0.1) is 10.2 Å². The number of hydrogen-bond donors (Lipinski definition) is 1. The summed E-state index contributed by atoms with van der Waals surface area (Å²) in [4.78, 5) is 0. The monoisotopic (exact) mass is 288 g/mol. The van der Waals surface area contributed by atoms with Gasteiger partial charge in [-0.3, -0.25) is 0 Å².